The van der Waals surface area contributed by atoms with Crippen molar-refractivity contribution in [3.63, 3.8) is 0 Å². The van der Waals surface area contributed by atoms with Gasteiger partial charge in [0.25, 0.3) is 11.6 Å². The minimum Gasteiger partial charge on any atom is -0.507 e. The van der Waals surface area contributed by atoms with Crippen LogP contribution in [0.15, 0.2) is 53.6 Å². The molecular formula is C18H15F3N2O4. The minimum atomic E-state index is -5.16. The Hall–Kier alpha value is -3.07. The van der Waals surface area contributed by atoms with Crippen molar-refractivity contribution in [1.82, 2.24) is 5.01 Å². The molecule has 0 aromatic heterocycles. The number of alkyl halides is 3. The first-order valence-corrected chi connectivity index (χ1v) is 7.81. The molecule has 0 spiro atoms. The number of aromatic hydroxyl groups is 1. The van der Waals surface area contributed by atoms with E-state index in [-0.39, 0.29) is 10.7 Å². The number of rotatable bonds is 3. The van der Waals surface area contributed by atoms with E-state index in [0.717, 1.165) is 12.1 Å². The first-order chi connectivity index (χ1) is 12.7. The lowest BCUT2D eigenvalue weighted by molar-refractivity contribution is -0.297. The Kier molecular flexibility index (Phi) is 4.56. The Morgan fingerprint density at radius 1 is 1.19 bits per heavy atom. The number of hydrogen-bond donors (Lipinski definition) is 2. The van der Waals surface area contributed by atoms with Gasteiger partial charge in [-0.1, -0.05) is 12.1 Å². The van der Waals surface area contributed by atoms with Crippen LogP contribution in [0, 0.1) is 0 Å². The lowest BCUT2D eigenvalue weighted by Gasteiger charge is -2.32. The van der Waals surface area contributed by atoms with E-state index in [1.165, 1.54) is 43.5 Å². The molecular weight excluding hydrogens is 365 g/mol. The number of para-hydroxylation sites is 1. The van der Waals surface area contributed by atoms with E-state index in [4.69, 9.17) is 4.74 Å². The third-order valence-electron chi connectivity index (χ3n) is 4.19. The normalized spacial score (nSPS) is 19.7. The predicted octanol–water partition coefficient (Wildman–Crippen LogP) is 2.90. The molecule has 2 aromatic carbocycles. The predicted molar refractivity (Wildman–Crippen MR) is 89.4 cm³/mol. The molecule has 27 heavy (non-hydrogen) atoms. The summed E-state index contributed by atoms with van der Waals surface area (Å²) in [5, 5.41) is 23.8. The van der Waals surface area contributed by atoms with Crippen molar-refractivity contribution < 1.29 is 32.9 Å². The molecule has 1 atom stereocenters. The Balaban J connectivity index is 2.05. The van der Waals surface area contributed by atoms with E-state index in [1.807, 2.05) is 0 Å². The quantitative estimate of drug-likeness (QED) is 0.858. The van der Waals surface area contributed by atoms with Crippen LogP contribution in [-0.2, 0) is 0 Å². The first-order valence-electron chi connectivity index (χ1n) is 7.81. The summed E-state index contributed by atoms with van der Waals surface area (Å²) in [4.78, 5) is 12.6. The van der Waals surface area contributed by atoms with Crippen LogP contribution >= 0.6 is 0 Å². The maximum atomic E-state index is 13.6. The summed E-state index contributed by atoms with van der Waals surface area (Å²) in [5.41, 5.74) is -3.76. The van der Waals surface area contributed by atoms with Crippen LogP contribution in [0.25, 0.3) is 0 Å². The summed E-state index contributed by atoms with van der Waals surface area (Å²) in [6.45, 7) is 0. The van der Waals surface area contributed by atoms with Crippen molar-refractivity contribution in [2.75, 3.05) is 7.11 Å². The number of hydrogen-bond acceptors (Lipinski definition) is 5. The van der Waals surface area contributed by atoms with Gasteiger partial charge in [-0.2, -0.15) is 23.3 Å². The summed E-state index contributed by atoms with van der Waals surface area (Å²) in [6, 6.07) is 11.1. The summed E-state index contributed by atoms with van der Waals surface area (Å²) in [5.74, 6) is -1.29. The molecule has 0 saturated heterocycles. The number of benzene rings is 2. The van der Waals surface area contributed by atoms with Crippen LogP contribution in [0.5, 0.6) is 11.5 Å². The van der Waals surface area contributed by atoms with E-state index in [0.29, 0.717) is 11.3 Å². The number of carbonyl (C=O) groups is 1. The smallest absolute Gasteiger partial charge is 0.438 e. The van der Waals surface area contributed by atoms with Gasteiger partial charge < -0.3 is 14.9 Å². The maximum absolute atomic E-state index is 13.6. The minimum absolute atomic E-state index is 0.0262. The van der Waals surface area contributed by atoms with Crippen molar-refractivity contribution in [2.24, 2.45) is 5.10 Å². The number of methoxy groups -OCH3 is 1. The number of phenolic OH excluding ortho intramolecular Hbond substituents is 1. The van der Waals surface area contributed by atoms with Gasteiger partial charge in [-0.05, 0) is 42.0 Å². The molecule has 3 rings (SSSR count). The van der Waals surface area contributed by atoms with E-state index in [2.05, 4.69) is 5.10 Å². The molecule has 0 unspecified atom stereocenters. The van der Waals surface area contributed by atoms with Gasteiger partial charge in [0, 0.05) is 0 Å². The fraction of sp³-hybridized carbons (Fsp3) is 0.222. The molecule has 1 amide bonds. The second kappa shape index (κ2) is 6.58. The standard InChI is InChI=1S/C18H15F3N2O4/c1-27-12-8-6-11(7-9-12)14-10-17(26,18(19,20)21)23(22-14)16(25)13-4-2-3-5-15(13)24/h2-9,24,26H,10H2,1H3/t17-/m1/s1. The van der Waals surface area contributed by atoms with Crippen LogP contribution in [0.2, 0.25) is 0 Å². The van der Waals surface area contributed by atoms with Gasteiger partial charge in [-0.3, -0.25) is 4.79 Å². The summed E-state index contributed by atoms with van der Waals surface area (Å²) in [7, 11) is 1.44. The Bertz CT molecular complexity index is 896. The number of halogens is 3. The van der Waals surface area contributed by atoms with E-state index >= 15 is 0 Å². The van der Waals surface area contributed by atoms with Crippen molar-refractivity contribution >= 4 is 11.6 Å². The van der Waals surface area contributed by atoms with Gasteiger partial charge in [0.2, 0.25) is 0 Å². The second-order valence-corrected chi connectivity index (χ2v) is 5.90. The summed E-state index contributed by atoms with van der Waals surface area (Å²) < 4.78 is 45.7. The van der Waals surface area contributed by atoms with Gasteiger partial charge in [0.15, 0.2) is 0 Å². The molecule has 142 valence electrons. The molecule has 0 bridgehead atoms. The van der Waals surface area contributed by atoms with Gasteiger partial charge in [0.05, 0.1) is 24.8 Å². The van der Waals surface area contributed by atoms with E-state index < -0.39 is 35.5 Å². The number of ether oxygens (including phenoxy) is 1. The van der Waals surface area contributed by atoms with Gasteiger partial charge in [0.1, 0.15) is 11.5 Å². The number of phenols is 1. The lowest BCUT2D eigenvalue weighted by Crippen LogP contribution is -2.56. The molecule has 0 aliphatic carbocycles. The van der Waals surface area contributed by atoms with Crippen molar-refractivity contribution in [1.29, 1.82) is 0 Å². The lowest BCUT2D eigenvalue weighted by atomic mass is 10.0. The topological polar surface area (TPSA) is 82.4 Å². The van der Waals surface area contributed by atoms with Crippen LogP contribution in [0.1, 0.15) is 22.3 Å². The zero-order valence-corrected chi connectivity index (χ0v) is 14.1. The summed E-state index contributed by atoms with van der Waals surface area (Å²) in [6.07, 6.45) is -6.10. The van der Waals surface area contributed by atoms with Crippen LogP contribution < -0.4 is 4.74 Å². The van der Waals surface area contributed by atoms with Gasteiger partial charge in [-0.15, -0.1) is 0 Å². The van der Waals surface area contributed by atoms with Crippen molar-refractivity contribution in [3.05, 3.63) is 59.7 Å². The largest absolute Gasteiger partial charge is 0.507 e. The van der Waals surface area contributed by atoms with E-state index in [1.54, 1.807) is 0 Å². The molecule has 0 radical (unpaired) electrons. The first kappa shape index (κ1) is 18.7. The Morgan fingerprint density at radius 2 is 1.81 bits per heavy atom. The number of amides is 1. The monoisotopic (exact) mass is 380 g/mol. The summed E-state index contributed by atoms with van der Waals surface area (Å²) >= 11 is 0. The molecule has 1 aliphatic rings. The molecule has 2 aromatic rings. The number of nitrogens with zero attached hydrogens (tertiary/aromatic N) is 2. The number of hydrazone groups is 1. The molecule has 6 nitrogen and oxygen atoms in total. The average Bonchev–Trinajstić information content (AvgIpc) is 3.00. The third kappa shape index (κ3) is 3.21. The highest BCUT2D eigenvalue weighted by atomic mass is 19.4. The molecule has 0 saturated carbocycles. The Morgan fingerprint density at radius 3 is 2.37 bits per heavy atom. The van der Waals surface area contributed by atoms with Gasteiger partial charge in [-0.25, -0.2) is 0 Å². The van der Waals surface area contributed by atoms with E-state index in [9.17, 15) is 28.2 Å². The fourth-order valence-electron chi connectivity index (χ4n) is 2.69. The van der Waals surface area contributed by atoms with Crippen LogP contribution in [0.4, 0.5) is 13.2 Å². The molecule has 0 fully saturated rings. The third-order valence-corrected chi connectivity index (χ3v) is 4.19. The highest BCUT2D eigenvalue weighted by molar-refractivity contribution is 6.06. The van der Waals surface area contributed by atoms with Crippen molar-refractivity contribution in [3.8, 4) is 11.5 Å². The fourth-order valence-corrected chi connectivity index (χ4v) is 2.69. The number of aliphatic hydroxyl groups is 1. The molecule has 1 aliphatic heterocycles. The molecule has 9 heteroatoms. The van der Waals surface area contributed by atoms with Crippen molar-refractivity contribution in [2.45, 2.75) is 18.3 Å². The van der Waals surface area contributed by atoms with Crippen LogP contribution in [0.3, 0.4) is 0 Å². The zero-order valence-electron chi connectivity index (χ0n) is 14.1. The molecule has 2 N–H and O–H groups in total. The highest BCUT2D eigenvalue weighted by Gasteiger charge is 2.63. The average molecular weight is 380 g/mol. The van der Waals surface area contributed by atoms with Gasteiger partial charge >= 0.3 is 6.18 Å². The number of carbonyl (C=O) groups excluding carboxylic acids is 1. The SMILES string of the molecule is COc1ccc(C2=NN(C(=O)c3ccccc3O)[C@](O)(C(F)(F)F)C2)cc1. The highest BCUT2D eigenvalue weighted by Crippen LogP contribution is 2.42. The second-order valence-electron chi connectivity index (χ2n) is 5.90. The zero-order chi connectivity index (χ0) is 19.8. The van der Waals surface area contributed by atoms with Crippen LogP contribution in [-0.4, -0.2) is 45.9 Å². The molecule has 1 heterocycles. The Labute approximate surface area is 152 Å². The maximum Gasteiger partial charge on any atom is 0.438 e.